The lowest BCUT2D eigenvalue weighted by molar-refractivity contribution is -0.114. The number of carbonyl (C=O) groups excluding carboxylic acids is 1. The zero-order chi connectivity index (χ0) is 22.5. The number of aromatic nitrogens is 2. The van der Waals surface area contributed by atoms with Crippen molar-refractivity contribution in [1.29, 1.82) is 0 Å². The maximum absolute atomic E-state index is 13.3. The van der Waals surface area contributed by atoms with Crippen molar-refractivity contribution in [1.82, 2.24) is 9.78 Å². The van der Waals surface area contributed by atoms with Gasteiger partial charge in [0.05, 0.1) is 19.3 Å². The van der Waals surface area contributed by atoms with Gasteiger partial charge in [-0.25, -0.2) is 0 Å². The van der Waals surface area contributed by atoms with Gasteiger partial charge in [0.1, 0.15) is 5.75 Å². The topological polar surface area (TPSA) is 50.6 Å². The minimum atomic E-state index is -0.0930. The van der Waals surface area contributed by atoms with Gasteiger partial charge in [-0.15, -0.1) is 0 Å². The Morgan fingerprint density at radius 2 is 1.65 bits per heavy atom. The molecule has 31 heavy (non-hydrogen) atoms. The van der Waals surface area contributed by atoms with E-state index in [4.69, 9.17) is 4.74 Å². The van der Waals surface area contributed by atoms with Gasteiger partial charge < -0.3 is 14.5 Å². The Morgan fingerprint density at radius 1 is 1.03 bits per heavy atom. The van der Waals surface area contributed by atoms with Gasteiger partial charge in [0.2, 0.25) is 0 Å². The fourth-order valence-corrected chi connectivity index (χ4v) is 3.42. The summed E-state index contributed by atoms with van der Waals surface area (Å²) in [6, 6.07) is 15.8. The van der Waals surface area contributed by atoms with E-state index >= 15 is 0 Å². The first kappa shape index (κ1) is 22.2. The standard InChI is InChI=1S/C25H30N4O2/c1-18-24(19(2)28(5)26-18)15-16-25(30)29(22-11-13-23(31-6)14-12-22)17-20-7-9-21(10-8-20)27(3)4/h7-16H,17H2,1-6H3. The molecular formula is C25H30N4O2. The van der Waals surface area contributed by atoms with Gasteiger partial charge in [-0.1, -0.05) is 12.1 Å². The van der Waals surface area contributed by atoms with Crippen molar-refractivity contribution in [2.45, 2.75) is 20.4 Å². The molecule has 0 aliphatic rings. The average Bonchev–Trinajstić information content (AvgIpc) is 3.01. The number of anilines is 2. The van der Waals surface area contributed by atoms with Gasteiger partial charge in [0.25, 0.3) is 5.91 Å². The number of ether oxygens (including phenoxy) is 1. The quantitative estimate of drug-likeness (QED) is 0.535. The first-order chi connectivity index (χ1) is 14.8. The normalized spacial score (nSPS) is 11.0. The predicted molar refractivity (Wildman–Crippen MR) is 127 cm³/mol. The molecule has 1 aromatic heterocycles. The Balaban J connectivity index is 1.90. The van der Waals surface area contributed by atoms with Crippen molar-refractivity contribution in [3.05, 3.63) is 77.1 Å². The molecule has 0 bridgehead atoms. The predicted octanol–water partition coefficient (Wildman–Crippen LogP) is 4.36. The molecule has 0 N–H and O–H groups in total. The van der Waals surface area contributed by atoms with Gasteiger partial charge in [-0.3, -0.25) is 9.48 Å². The van der Waals surface area contributed by atoms with Crippen LogP contribution in [0.15, 0.2) is 54.6 Å². The highest BCUT2D eigenvalue weighted by Gasteiger charge is 2.15. The van der Waals surface area contributed by atoms with Crippen molar-refractivity contribution in [3.8, 4) is 5.75 Å². The first-order valence-electron chi connectivity index (χ1n) is 10.2. The van der Waals surface area contributed by atoms with Gasteiger partial charge in [0, 0.05) is 49.9 Å². The third kappa shape index (κ3) is 5.15. The monoisotopic (exact) mass is 418 g/mol. The minimum absolute atomic E-state index is 0.0930. The summed E-state index contributed by atoms with van der Waals surface area (Å²) in [4.78, 5) is 17.1. The Kier molecular flexibility index (Phi) is 6.80. The molecule has 0 radical (unpaired) electrons. The Morgan fingerprint density at radius 3 is 2.16 bits per heavy atom. The Labute approximate surface area is 184 Å². The van der Waals surface area contributed by atoms with Crippen molar-refractivity contribution in [2.24, 2.45) is 7.05 Å². The third-order valence-electron chi connectivity index (χ3n) is 5.40. The van der Waals surface area contributed by atoms with Crippen LogP contribution in [0.2, 0.25) is 0 Å². The lowest BCUT2D eigenvalue weighted by Gasteiger charge is -2.22. The van der Waals surface area contributed by atoms with Crippen molar-refractivity contribution < 1.29 is 9.53 Å². The number of methoxy groups -OCH3 is 1. The second kappa shape index (κ2) is 9.51. The molecule has 3 rings (SSSR count). The maximum atomic E-state index is 13.3. The minimum Gasteiger partial charge on any atom is -0.497 e. The van der Waals surface area contributed by atoms with E-state index < -0.39 is 0 Å². The molecular weight excluding hydrogens is 388 g/mol. The maximum Gasteiger partial charge on any atom is 0.251 e. The number of amides is 1. The van der Waals surface area contributed by atoms with Crippen LogP contribution in [-0.2, 0) is 18.4 Å². The summed E-state index contributed by atoms with van der Waals surface area (Å²) in [5, 5.41) is 4.42. The van der Waals surface area contributed by atoms with Gasteiger partial charge in [0.15, 0.2) is 0 Å². The average molecular weight is 419 g/mol. The molecule has 0 fully saturated rings. The molecule has 1 heterocycles. The number of rotatable bonds is 7. The zero-order valence-electron chi connectivity index (χ0n) is 19.1. The van der Waals surface area contributed by atoms with Crippen LogP contribution >= 0.6 is 0 Å². The molecule has 0 aliphatic heterocycles. The smallest absolute Gasteiger partial charge is 0.251 e. The highest BCUT2D eigenvalue weighted by Crippen LogP contribution is 2.23. The van der Waals surface area contributed by atoms with E-state index in [1.54, 1.807) is 18.1 Å². The fraction of sp³-hybridized carbons (Fsp3) is 0.280. The van der Waals surface area contributed by atoms with E-state index in [0.717, 1.165) is 39.6 Å². The van der Waals surface area contributed by atoms with Crippen LogP contribution in [0.5, 0.6) is 5.75 Å². The fourth-order valence-electron chi connectivity index (χ4n) is 3.42. The number of carbonyl (C=O) groups is 1. The summed E-state index contributed by atoms with van der Waals surface area (Å²) in [7, 11) is 7.55. The molecule has 6 heteroatoms. The van der Waals surface area contributed by atoms with Crippen molar-refractivity contribution >= 4 is 23.4 Å². The molecule has 3 aromatic rings. The molecule has 0 saturated carbocycles. The van der Waals surface area contributed by atoms with E-state index in [2.05, 4.69) is 34.3 Å². The highest BCUT2D eigenvalue weighted by atomic mass is 16.5. The number of benzene rings is 2. The van der Waals surface area contributed by atoms with Crippen LogP contribution in [0, 0.1) is 13.8 Å². The van der Waals surface area contributed by atoms with E-state index in [1.165, 1.54) is 0 Å². The van der Waals surface area contributed by atoms with Crippen molar-refractivity contribution in [2.75, 3.05) is 31.0 Å². The van der Waals surface area contributed by atoms with Crippen LogP contribution in [0.3, 0.4) is 0 Å². The van der Waals surface area contributed by atoms with E-state index in [9.17, 15) is 4.79 Å². The summed E-state index contributed by atoms with van der Waals surface area (Å²) in [5.74, 6) is 0.660. The summed E-state index contributed by atoms with van der Waals surface area (Å²) in [6.45, 7) is 4.41. The van der Waals surface area contributed by atoms with Crippen LogP contribution in [-0.4, -0.2) is 36.9 Å². The largest absolute Gasteiger partial charge is 0.497 e. The van der Waals surface area contributed by atoms with Crippen LogP contribution in [0.1, 0.15) is 22.5 Å². The van der Waals surface area contributed by atoms with E-state index in [-0.39, 0.29) is 5.91 Å². The molecule has 0 unspecified atom stereocenters. The number of hydrogen-bond acceptors (Lipinski definition) is 4. The third-order valence-corrected chi connectivity index (χ3v) is 5.40. The number of nitrogens with zero attached hydrogens (tertiary/aromatic N) is 4. The molecule has 2 aromatic carbocycles. The lowest BCUT2D eigenvalue weighted by Crippen LogP contribution is -2.28. The summed E-state index contributed by atoms with van der Waals surface area (Å²) < 4.78 is 7.09. The highest BCUT2D eigenvalue weighted by molar-refractivity contribution is 6.03. The molecule has 162 valence electrons. The van der Waals surface area contributed by atoms with Gasteiger partial charge in [-0.2, -0.15) is 5.10 Å². The van der Waals surface area contributed by atoms with Crippen LogP contribution in [0.4, 0.5) is 11.4 Å². The lowest BCUT2D eigenvalue weighted by atomic mass is 10.1. The Hall–Kier alpha value is -3.54. The molecule has 0 aliphatic carbocycles. The molecule has 0 spiro atoms. The SMILES string of the molecule is COc1ccc(N(Cc2ccc(N(C)C)cc2)C(=O)C=Cc2c(C)nn(C)c2C)cc1. The molecule has 0 saturated heterocycles. The molecule has 0 atom stereocenters. The van der Waals surface area contributed by atoms with Crippen molar-refractivity contribution in [3.63, 3.8) is 0 Å². The summed E-state index contributed by atoms with van der Waals surface area (Å²) in [5.41, 5.74) is 5.88. The second-order valence-electron chi connectivity index (χ2n) is 7.72. The molecule has 1 amide bonds. The van der Waals surface area contributed by atoms with Gasteiger partial charge in [-0.05, 0) is 61.9 Å². The zero-order valence-corrected chi connectivity index (χ0v) is 19.1. The summed E-state index contributed by atoms with van der Waals surface area (Å²) >= 11 is 0. The van der Waals surface area contributed by atoms with Gasteiger partial charge >= 0.3 is 0 Å². The Bertz CT molecular complexity index is 1060. The summed E-state index contributed by atoms with van der Waals surface area (Å²) in [6.07, 6.45) is 3.47. The molecule has 6 nitrogen and oxygen atoms in total. The second-order valence-corrected chi connectivity index (χ2v) is 7.72. The first-order valence-corrected chi connectivity index (χ1v) is 10.2. The number of hydrogen-bond donors (Lipinski definition) is 0. The van der Waals surface area contributed by atoms with Crippen LogP contribution in [0.25, 0.3) is 6.08 Å². The van der Waals surface area contributed by atoms with E-state index in [1.807, 2.05) is 70.0 Å². The van der Waals surface area contributed by atoms with E-state index in [0.29, 0.717) is 6.54 Å². The van der Waals surface area contributed by atoms with Crippen LogP contribution < -0.4 is 14.5 Å². The number of aryl methyl sites for hydroxylation is 2.